The molecule has 16 heavy (non-hydrogen) atoms. The van der Waals surface area contributed by atoms with Crippen molar-refractivity contribution in [2.75, 3.05) is 26.3 Å². The Balaban J connectivity index is 2.03. The van der Waals surface area contributed by atoms with Crippen LogP contribution in [0.5, 0.6) is 0 Å². The summed E-state index contributed by atoms with van der Waals surface area (Å²) in [4.78, 5) is 7.60. The third-order valence-electron chi connectivity index (χ3n) is 2.64. The molecule has 1 aliphatic heterocycles. The minimum Gasteiger partial charge on any atom is -0.379 e. The fourth-order valence-electron chi connectivity index (χ4n) is 1.75. The summed E-state index contributed by atoms with van der Waals surface area (Å²) < 4.78 is 5.30. The molecule has 0 aromatic carbocycles. The number of ether oxygens (including phenoxy) is 1. The number of hydrogen-bond donors (Lipinski definition) is 0. The van der Waals surface area contributed by atoms with Crippen molar-refractivity contribution in [1.82, 2.24) is 9.88 Å². The minimum atomic E-state index is 0.769. The second-order valence-electron chi connectivity index (χ2n) is 3.74. The van der Waals surface area contributed by atoms with Gasteiger partial charge in [0.2, 0.25) is 0 Å². The molecule has 0 spiro atoms. The highest BCUT2D eigenvalue weighted by Crippen LogP contribution is 2.19. The molecule has 0 saturated carbocycles. The molecule has 4 nitrogen and oxygen atoms in total. The van der Waals surface area contributed by atoms with Gasteiger partial charge in [-0.3, -0.25) is 4.90 Å². The zero-order chi connectivity index (χ0) is 11.4. The molecule has 1 aromatic heterocycles. The maximum atomic E-state index is 8.96. The van der Waals surface area contributed by atoms with E-state index in [2.05, 4.69) is 16.0 Å². The summed E-state index contributed by atoms with van der Waals surface area (Å²) in [6.45, 7) is 6.41. The van der Waals surface area contributed by atoms with Crippen LogP contribution < -0.4 is 0 Å². The number of nitriles is 1. The lowest BCUT2D eigenvalue weighted by Gasteiger charge is -2.25. The second-order valence-corrected chi connectivity index (χ2v) is 4.82. The summed E-state index contributed by atoms with van der Waals surface area (Å²) in [5.41, 5.74) is 0.941. The summed E-state index contributed by atoms with van der Waals surface area (Å²) in [6, 6.07) is 2.22. The van der Waals surface area contributed by atoms with E-state index < -0.39 is 0 Å². The van der Waals surface area contributed by atoms with Crippen LogP contribution in [0.15, 0.2) is 0 Å². The van der Waals surface area contributed by atoms with E-state index >= 15 is 0 Å². The fraction of sp³-hybridized carbons (Fsp3) is 0.636. The monoisotopic (exact) mass is 237 g/mol. The van der Waals surface area contributed by atoms with Crippen molar-refractivity contribution < 1.29 is 4.74 Å². The molecule has 0 aliphatic carbocycles. The van der Waals surface area contributed by atoms with E-state index in [0.717, 1.165) is 54.8 Å². The topological polar surface area (TPSA) is 49.2 Å². The van der Waals surface area contributed by atoms with Gasteiger partial charge in [0.1, 0.15) is 16.0 Å². The van der Waals surface area contributed by atoms with E-state index in [1.165, 1.54) is 11.3 Å². The molecule has 1 saturated heterocycles. The first kappa shape index (κ1) is 11.5. The van der Waals surface area contributed by atoms with Gasteiger partial charge in [-0.05, 0) is 6.42 Å². The molecule has 0 unspecified atom stereocenters. The van der Waals surface area contributed by atoms with E-state index in [9.17, 15) is 0 Å². The summed E-state index contributed by atoms with van der Waals surface area (Å²) in [7, 11) is 0. The normalized spacial score (nSPS) is 17.2. The fourth-order valence-corrected chi connectivity index (χ4v) is 2.74. The molecule has 86 valence electrons. The highest BCUT2D eigenvalue weighted by atomic mass is 32.1. The zero-order valence-corrected chi connectivity index (χ0v) is 10.2. The standard InChI is InChI=1S/C11H15N3OS/c1-2-9-10(7-12)16-11(13-9)8-14-3-5-15-6-4-14/h2-6,8H2,1H3. The molecule has 1 aromatic rings. The number of rotatable bonds is 3. The summed E-state index contributed by atoms with van der Waals surface area (Å²) in [6.07, 6.45) is 0.836. The van der Waals surface area contributed by atoms with Crippen LogP contribution in [0, 0.1) is 11.3 Å². The van der Waals surface area contributed by atoms with Gasteiger partial charge in [0.05, 0.1) is 25.5 Å². The van der Waals surface area contributed by atoms with Gasteiger partial charge in [-0.25, -0.2) is 4.98 Å². The number of thiazole rings is 1. The molecule has 5 heteroatoms. The molecule has 0 amide bonds. The maximum absolute atomic E-state index is 8.96. The van der Waals surface area contributed by atoms with Gasteiger partial charge in [-0.15, -0.1) is 11.3 Å². The molecule has 0 radical (unpaired) electrons. The van der Waals surface area contributed by atoms with Crippen molar-refractivity contribution in [2.24, 2.45) is 0 Å². The van der Waals surface area contributed by atoms with Crippen LogP contribution >= 0.6 is 11.3 Å². The van der Waals surface area contributed by atoms with Gasteiger partial charge < -0.3 is 4.74 Å². The van der Waals surface area contributed by atoms with Crippen LogP contribution in [0.1, 0.15) is 22.5 Å². The average Bonchev–Trinajstić information content (AvgIpc) is 2.72. The molecule has 1 fully saturated rings. The Kier molecular flexibility index (Phi) is 3.88. The van der Waals surface area contributed by atoms with Crippen molar-refractivity contribution in [2.45, 2.75) is 19.9 Å². The Labute approximate surface area is 99.5 Å². The number of nitrogens with zero attached hydrogens (tertiary/aromatic N) is 3. The highest BCUT2D eigenvalue weighted by molar-refractivity contribution is 7.12. The van der Waals surface area contributed by atoms with Crippen molar-refractivity contribution in [3.8, 4) is 6.07 Å². The summed E-state index contributed by atoms with van der Waals surface area (Å²) in [5, 5.41) is 10.0. The van der Waals surface area contributed by atoms with E-state index in [-0.39, 0.29) is 0 Å². The molecule has 0 atom stereocenters. The third-order valence-corrected chi connectivity index (χ3v) is 3.63. The van der Waals surface area contributed by atoms with Gasteiger partial charge in [0.15, 0.2) is 0 Å². The Hall–Kier alpha value is -0.960. The first-order valence-electron chi connectivity index (χ1n) is 5.52. The third kappa shape index (κ3) is 2.59. The van der Waals surface area contributed by atoms with Crippen LogP contribution in [0.2, 0.25) is 0 Å². The zero-order valence-electron chi connectivity index (χ0n) is 9.40. The number of hydrogen-bond acceptors (Lipinski definition) is 5. The number of aromatic nitrogens is 1. The van der Waals surface area contributed by atoms with Crippen molar-refractivity contribution in [1.29, 1.82) is 5.26 Å². The lowest BCUT2D eigenvalue weighted by molar-refractivity contribution is 0.0341. The molecular formula is C11H15N3OS. The quantitative estimate of drug-likeness (QED) is 0.797. The molecular weight excluding hydrogens is 222 g/mol. The first-order chi connectivity index (χ1) is 7.83. The van der Waals surface area contributed by atoms with Crippen LogP contribution in [-0.4, -0.2) is 36.2 Å². The maximum Gasteiger partial charge on any atom is 0.128 e. The van der Waals surface area contributed by atoms with Crippen molar-refractivity contribution >= 4 is 11.3 Å². The molecule has 2 heterocycles. The molecule has 1 aliphatic rings. The number of aryl methyl sites for hydroxylation is 1. The predicted molar refractivity (Wildman–Crippen MR) is 62.3 cm³/mol. The van der Waals surface area contributed by atoms with Crippen LogP contribution in [0.3, 0.4) is 0 Å². The molecule has 2 rings (SSSR count). The van der Waals surface area contributed by atoms with Crippen LogP contribution in [0.4, 0.5) is 0 Å². The van der Waals surface area contributed by atoms with Crippen molar-refractivity contribution in [3.05, 3.63) is 15.6 Å². The molecule has 0 bridgehead atoms. The van der Waals surface area contributed by atoms with Crippen LogP contribution in [0.25, 0.3) is 0 Å². The highest BCUT2D eigenvalue weighted by Gasteiger charge is 2.15. The second kappa shape index (κ2) is 5.39. The Morgan fingerprint density at radius 2 is 2.25 bits per heavy atom. The lowest BCUT2D eigenvalue weighted by atomic mass is 10.3. The summed E-state index contributed by atoms with van der Waals surface area (Å²) in [5.74, 6) is 0. The summed E-state index contributed by atoms with van der Waals surface area (Å²) >= 11 is 1.52. The molecule has 0 N–H and O–H groups in total. The van der Waals surface area contributed by atoms with E-state index in [0.29, 0.717) is 0 Å². The Morgan fingerprint density at radius 3 is 2.81 bits per heavy atom. The average molecular weight is 237 g/mol. The largest absolute Gasteiger partial charge is 0.379 e. The Bertz CT molecular complexity index is 390. The first-order valence-corrected chi connectivity index (χ1v) is 6.34. The van der Waals surface area contributed by atoms with Crippen molar-refractivity contribution in [3.63, 3.8) is 0 Å². The Morgan fingerprint density at radius 1 is 1.50 bits per heavy atom. The van der Waals surface area contributed by atoms with E-state index in [1.807, 2.05) is 6.92 Å². The van der Waals surface area contributed by atoms with Gasteiger partial charge >= 0.3 is 0 Å². The van der Waals surface area contributed by atoms with E-state index in [4.69, 9.17) is 10.00 Å². The smallest absolute Gasteiger partial charge is 0.128 e. The van der Waals surface area contributed by atoms with E-state index in [1.54, 1.807) is 0 Å². The minimum absolute atomic E-state index is 0.769. The van der Waals surface area contributed by atoms with Gasteiger partial charge in [-0.2, -0.15) is 5.26 Å². The van der Waals surface area contributed by atoms with Gasteiger partial charge in [0.25, 0.3) is 0 Å². The number of morpholine rings is 1. The van der Waals surface area contributed by atoms with Gasteiger partial charge in [-0.1, -0.05) is 6.92 Å². The van der Waals surface area contributed by atoms with Crippen LogP contribution in [-0.2, 0) is 17.7 Å². The SMILES string of the molecule is CCc1nc(CN2CCOCC2)sc1C#N. The lowest BCUT2D eigenvalue weighted by Crippen LogP contribution is -2.35. The van der Waals surface area contributed by atoms with Gasteiger partial charge in [0, 0.05) is 13.1 Å². The predicted octanol–water partition coefficient (Wildman–Crippen LogP) is 1.41.